The number of hydrogen-bond donors (Lipinski definition) is 3. The standard InChI is InChI=1S/C13H18ClN3O2/c1-13(2,3)19-12(18)17-9-5-4-8(6-11(15)16)10(14)7-9/h4-5,7H,6H2,1-3H3,(H3,15,16)(H,17,18). The first-order valence-electron chi connectivity index (χ1n) is 5.79. The molecular weight excluding hydrogens is 266 g/mol. The Morgan fingerprint density at radius 3 is 2.58 bits per heavy atom. The lowest BCUT2D eigenvalue weighted by Crippen LogP contribution is -2.27. The number of halogens is 1. The van der Waals surface area contributed by atoms with Gasteiger partial charge in [0.2, 0.25) is 0 Å². The molecule has 1 rings (SSSR count). The average molecular weight is 284 g/mol. The third kappa shape index (κ3) is 5.61. The second-order valence-electron chi connectivity index (χ2n) is 5.14. The summed E-state index contributed by atoms with van der Waals surface area (Å²) in [7, 11) is 0. The number of hydrogen-bond acceptors (Lipinski definition) is 3. The molecule has 0 spiro atoms. The summed E-state index contributed by atoms with van der Waals surface area (Å²) in [6.07, 6.45) is -0.256. The number of carbonyl (C=O) groups excluding carboxylic acids is 1. The molecule has 19 heavy (non-hydrogen) atoms. The summed E-state index contributed by atoms with van der Waals surface area (Å²) >= 11 is 6.05. The number of ether oxygens (including phenoxy) is 1. The number of nitrogens with one attached hydrogen (secondary N) is 2. The molecule has 0 bridgehead atoms. The van der Waals surface area contributed by atoms with Gasteiger partial charge in [-0.05, 0) is 38.5 Å². The van der Waals surface area contributed by atoms with E-state index >= 15 is 0 Å². The van der Waals surface area contributed by atoms with Gasteiger partial charge in [-0.3, -0.25) is 10.7 Å². The fraction of sp³-hybridized carbons (Fsp3) is 0.385. The first kappa shape index (κ1) is 15.3. The van der Waals surface area contributed by atoms with Gasteiger partial charge < -0.3 is 10.5 Å². The third-order valence-electron chi connectivity index (χ3n) is 2.08. The van der Waals surface area contributed by atoms with Crippen LogP contribution < -0.4 is 11.1 Å². The van der Waals surface area contributed by atoms with Crippen LogP contribution in [-0.2, 0) is 11.2 Å². The van der Waals surface area contributed by atoms with E-state index in [-0.39, 0.29) is 12.3 Å². The Balaban J connectivity index is 2.73. The summed E-state index contributed by atoms with van der Waals surface area (Å²) < 4.78 is 5.13. The monoisotopic (exact) mass is 283 g/mol. The molecule has 0 aromatic heterocycles. The highest BCUT2D eigenvalue weighted by Gasteiger charge is 2.16. The Kier molecular flexibility index (Phi) is 4.78. The second-order valence-corrected chi connectivity index (χ2v) is 5.54. The minimum atomic E-state index is -0.553. The highest BCUT2D eigenvalue weighted by atomic mass is 35.5. The van der Waals surface area contributed by atoms with Crippen molar-refractivity contribution in [2.75, 3.05) is 5.32 Å². The van der Waals surface area contributed by atoms with E-state index < -0.39 is 11.7 Å². The fourth-order valence-corrected chi connectivity index (χ4v) is 1.64. The summed E-state index contributed by atoms with van der Waals surface area (Å²) in [6.45, 7) is 5.36. The topological polar surface area (TPSA) is 88.2 Å². The van der Waals surface area contributed by atoms with Crippen LogP contribution in [0.25, 0.3) is 0 Å². The molecule has 0 saturated heterocycles. The van der Waals surface area contributed by atoms with E-state index in [4.69, 9.17) is 27.5 Å². The number of benzene rings is 1. The Bertz CT molecular complexity index is 495. The lowest BCUT2D eigenvalue weighted by molar-refractivity contribution is 0.0636. The van der Waals surface area contributed by atoms with Crippen molar-refractivity contribution in [3.05, 3.63) is 28.8 Å². The van der Waals surface area contributed by atoms with Crippen molar-refractivity contribution in [1.29, 1.82) is 5.41 Å². The van der Waals surface area contributed by atoms with Gasteiger partial charge in [0.1, 0.15) is 5.60 Å². The predicted octanol–water partition coefficient (Wildman–Crippen LogP) is 3.17. The lowest BCUT2D eigenvalue weighted by Gasteiger charge is -2.19. The van der Waals surface area contributed by atoms with E-state index in [1.165, 1.54) is 0 Å². The van der Waals surface area contributed by atoms with Crippen LogP contribution in [0.5, 0.6) is 0 Å². The smallest absolute Gasteiger partial charge is 0.412 e. The van der Waals surface area contributed by atoms with Crippen molar-refractivity contribution < 1.29 is 9.53 Å². The maximum atomic E-state index is 11.6. The van der Waals surface area contributed by atoms with Gasteiger partial charge in [0.05, 0.1) is 5.84 Å². The molecule has 6 heteroatoms. The average Bonchev–Trinajstić information content (AvgIpc) is 2.18. The largest absolute Gasteiger partial charge is 0.444 e. The molecule has 0 atom stereocenters. The molecule has 0 radical (unpaired) electrons. The lowest BCUT2D eigenvalue weighted by atomic mass is 10.1. The van der Waals surface area contributed by atoms with E-state index in [1.54, 1.807) is 39.0 Å². The van der Waals surface area contributed by atoms with Gasteiger partial charge in [-0.1, -0.05) is 17.7 Å². The van der Waals surface area contributed by atoms with Gasteiger partial charge in [-0.25, -0.2) is 4.79 Å². The highest BCUT2D eigenvalue weighted by Crippen LogP contribution is 2.22. The van der Waals surface area contributed by atoms with Crippen LogP contribution in [-0.4, -0.2) is 17.5 Å². The molecule has 1 aromatic carbocycles. The molecule has 0 heterocycles. The van der Waals surface area contributed by atoms with Crippen molar-refractivity contribution in [2.45, 2.75) is 32.8 Å². The van der Waals surface area contributed by atoms with Crippen LogP contribution in [0.4, 0.5) is 10.5 Å². The Labute approximate surface area is 117 Å². The van der Waals surface area contributed by atoms with Crippen LogP contribution in [0.1, 0.15) is 26.3 Å². The number of nitrogens with two attached hydrogens (primary N) is 1. The summed E-state index contributed by atoms with van der Waals surface area (Å²) in [5.41, 5.74) is 6.04. The van der Waals surface area contributed by atoms with Gasteiger partial charge >= 0.3 is 6.09 Å². The highest BCUT2D eigenvalue weighted by molar-refractivity contribution is 6.31. The first-order chi connectivity index (χ1) is 8.67. The van der Waals surface area contributed by atoms with Crippen molar-refractivity contribution in [1.82, 2.24) is 0 Å². The molecule has 4 N–H and O–H groups in total. The summed E-state index contributed by atoms with van der Waals surface area (Å²) in [6, 6.07) is 5.01. The predicted molar refractivity (Wildman–Crippen MR) is 76.9 cm³/mol. The number of amides is 1. The third-order valence-corrected chi connectivity index (χ3v) is 2.43. The van der Waals surface area contributed by atoms with Gasteiger partial charge in [-0.2, -0.15) is 0 Å². The van der Waals surface area contributed by atoms with Crippen molar-refractivity contribution in [3.8, 4) is 0 Å². The molecule has 0 fully saturated rings. The van der Waals surface area contributed by atoms with Crippen molar-refractivity contribution in [3.63, 3.8) is 0 Å². The number of rotatable bonds is 3. The molecule has 1 aromatic rings. The van der Waals surface area contributed by atoms with Gasteiger partial charge in [0, 0.05) is 17.1 Å². The van der Waals surface area contributed by atoms with E-state index in [9.17, 15) is 4.79 Å². The Morgan fingerprint density at radius 2 is 2.11 bits per heavy atom. The number of amidine groups is 1. The summed E-state index contributed by atoms with van der Waals surface area (Å²) in [5, 5.41) is 10.3. The van der Waals surface area contributed by atoms with E-state index in [1.807, 2.05) is 0 Å². The molecule has 0 aliphatic carbocycles. The molecule has 1 amide bonds. The van der Waals surface area contributed by atoms with Crippen LogP contribution in [0.2, 0.25) is 5.02 Å². The normalized spacial score (nSPS) is 10.9. The molecule has 5 nitrogen and oxygen atoms in total. The van der Waals surface area contributed by atoms with Crippen LogP contribution in [0.3, 0.4) is 0 Å². The SMILES string of the molecule is CC(C)(C)OC(=O)Nc1ccc(CC(=N)N)c(Cl)c1. The Hall–Kier alpha value is -1.75. The van der Waals surface area contributed by atoms with E-state index in [0.717, 1.165) is 5.56 Å². The number of carbonyl (C=O) groups is 1. The molecule has 104 valence electrons. The quantitative estimate of drug-likeness (QED) is 0.588. The molecule has 0 aliphatic heterocycles. The zero-order valence-electron chi connectivity index (χ0n) is 11.2. The van der Waals surface area contributed by atoms with Gasteiger partial charge in [-0.15, -0.1) is 0 Å². The van der Waals surface area contributed by atoms with E-state index in [2.05, 4.69) is 5.32 Å². The van der Waals surface area contributed by atoms with Crippen LogP contribution in [0.15, 0.2) is 18.2 Å². The Morgan fingerprint density at radius 1 is 1.47 bits per heavy atom. The van der Waals surface area contributed by atoms with Gasteiger partial charge in [0.25, 0.3) is 0 Å². The van der Waals surface area contributed by atoms with Gasteiger partial charge in [0.15, 0.2) is 0 Å². The molecule has 0 saturated carbocycles. The maximum Gasteiger partial charge on any atom is 0.412 e. The number of anilines is 1. The minimum Gasteiger partial charge on any atom is -0.444 e. The zero-order chi connectivity index (χ0) is 14.6. The zero-order valence-corrected chi connectivity index (χ0v) is 12.0. The van der Waals surface area contributed by atoms with Crippen molar-refractivity contribution >= 4 is 29.2 Å². The molecular formula is C13H18ClN3O2. The van der Waals surface area contributed by atoms with E-state index in [0.29, 0.717) is 10.7 Å². The molecule has 0 aliphatic rings. The van der Waals surface area contributed by atoms with Crippen LogP contribution in [0, 0.1) is 5.41 Å². The second kappa shape index (κ2) is 5.93. The molecule has 0 unspecified atom stereocenters. The first-order valence-corrected chi connectivity index (χ1v) is 6.16. The summed E-state index contributed by atoms with van der Waals surface area (Å²) in [5.74, 6) is 0.0368. The van der Waals surface area contributed by atoms with Crippen LogP contribution >= 0.6 is 11.6 Å². The minimum absolute atomic E-state index is 0.0368. The maximum absolute atomic E-state index is 11.6. The fourth-order valence-electron chi connectivity index (χ4n) is 1.40. The van der Waals surface area contributed by atoms with Crippen molar-refractivity contribution in [2.24, 2.45) is 5.73 Å². The summed E-state index contributed by atoms with van der Waals surface area (Å²) in [4.78, 5) is 11.6.